The highest BCUT2D eigenvalue weighted by atomic mass is 32.1. The molecule has 148 valence electrons. The summed E-state index contributed by atoms with van der Waals surface area (Å²) in [7, 11) is 0. The summed E-state index contributed by atoms with van der Waals surface area (Å²) in [6.07, 6.45) is -0.471. The third-order valence-electron chi connectivity index (χ3n) is 3.05. The van der Waals surface area contributed by atoms with E-state index in [1.807, 2.05) is 5.32 Å². The molecule has 3 amide bonds. The molecule has 0 saturated carbocycles. The van der Waals surface area contributed by atoms with Crippen molar-refractivity contribution in [2.24, 2.45) is 5.73 Å². The number of hydrogen-bond donors (Lipinski definition) is 8. The number of carbonyl (C=O) groups excluding carboxylic acids is 3. The molecule has 0 aromatic heterocycles. The maximum Gasteiger partial charge on any atom is 0.322 e. The number of carboxylic acids is 2. The van der Waals surface area contributed by atoms with Gasteiger partial charge in [-0.3, -0.25) is 24.0 Å². The van der Waals surface area contributed by atoms with Crippen LogP contribution in [0.25, 0.3) is 0 Å². The Kier molecular flexibility index (Phi) is 10.9. The smallest absolute Gasteiger partial charge is 0.322 e. The molecule has 3 atom stereocenters. The van der Waals surface area contributed by atoms with Gasteiger partial charge in [0, 0.05) is 12.2 Å². The predicted molar refractivity (Wildman–Crippen MR) is 90.3 cm³/mol. The van der Waals surface area contributed by atoms with Crippen molar-refractivity contribution in [3.05, 3.63) is 0 Å². The highest BCUT2D eigenvalue weighted by molar-refractivity contribution is 7.80. The molecule has 0 aliphatic heterocycles. The van der Waals surface area contributed by atoms with E-state index in [4.69, 9.17) is 21.1 Å². The second-order valence-electron chi connectivity index (χ2n) is 5.14. The Balaban J connectivity index is 4.70. The zero-order valence-electron chi connectivity index (χ0n) is 13.7. The second-order valence-corrected chi connectivity index (χ2v) is 5.50. The van der Waals surface area contributed by atoms with E-state index in [0.717, 1.165) is 0 Å². The molecule has 0 aromatic carbocycles. The molecule has 13 heteroatoms. The van der Waals surface area contributed by atoms with Gasteiger partial charge in [0.05, 0.1) is 12.6 Å². The van der Waals surface area contributed by atoms with Crippen LogP contribution in [0.5, 0.6) is 0 Å². The minimum Gasteiger partial charge on any atom is -0.481 e. The molecule has 0 fully saturated rings. The van der Waals surface area contributed by atoms with Crippen LogP contribution in [0.15, 0.2) is 0 Å². The normalized spacial score (nSPS) is 13.8. The summed E-state index contributed by atoms with van der Waals surface area (Å²) in [5.74, 6) is -5.17. The number of nitrogens with two attached hydrogens (primary N) is 1. The average Bonchev–Trinajstić information content (AvgIpc) is 2.59. The zero-order chi connectivity index (χ0) is 20.3. The van der Waals surface area contributed by atoms with Crippen molar-refractivity contribution in [1.29, 1.82) is 0 Å². The number of thiol groups is 1. The number of carboxylic acid groups (broad SMARTS) is 2. The van der Waals surface area contributed by atoms with Crippen LogP contribution < -0.4 is 21.7 Å². The lowest BCUT2D eigenvalue weighted by Crippen LogP contribution is -2.57. The molecule has 0 aliphatic carbocycles. The average molecular weight is 394 g/mol. The molecular weight excluding hydrogens is 372 g/mol. The first-order valence-corrected chi connectivity index (χ1v) is 8.04. The van der Waals surface area contributed by atoms with Crippen molar-refractivity contribution in [2.45, 2.75) is 31.0 Å². The summed E-state index contributed by atoms with van der Waals surface area (Å²) in [5.41, 5.74) is 5.52. The molecule has 0 rings (SSSR count). The van der Waals surface area contributed by atoms with Crippen LogP contribution in [0.1, 0.15) is 12.8 Å². The number of carbonyl (C=O) groups is 5. The van der Waals surface area contributed by atoms with Gasteiger partial charge in [-0.25, -0.2) is 0 Å². The van der Waals surface area contributed by atoms with E-state index in [1.54, 1.807) is 0 Å². The zero-order valence-corrected chi connectivity index (χ0v) is 14.6. The fourth-order valence-corrected chi connectivity index (χ4v) is 1.89. The molecule has 26 heavy (non-hydrogen) atoms. The van der Waals surface area contributed by atoms with Crippen molar-refractivity contribution in [1.82, 2.24) is 16.0 Å². The number of rotatable bonds is 12. The fraction of sp³-hybridized carbons (Fsp3) is 0.615. The quantitative estimate of drug-likeness (QED) is 0.153. The molecule has 0 bridgehead atoms. The van der Waals surface area contributed by atoms with Gasteiger partial charge in [-0.05, 0) is 6.42 Å². The van der Waals surface area contributed by atoms with Gasteiger partial charge in [0.2, 0.25) is 17.7 Å². The standard InChI is InChI=1S/C13H22N4O8S/c14-6(1-2-9(19)20)11(23)17-8(5-26)13(25)16-7(4-18)12(24)15-3-10(21)22/h6-8,18,26H,1-5,14H2,(H,15,24)(H,16,25)(H,17,23)(H,19,20)(H,21,22). The van der Waals surface area contributed by atoms with Crippen molar-refractivity contribution in [3.8, 4) is 0 Å². The summed E-state index contributed by atoms with van der Waals surface area (Å²) in [5, 5.41) is 32.6. The molecule has 0 heterocycles. The number of aliphatic carboxylic acids is 2. The number of nitrogens with one attached hydrogen (secondary N) is 3. The summed E-state index contributed by atoms with van der Waals surface area (Å²) >= 11 is 3.90. The van der Waals surface area contributed by atoms with Gasteiger partial charge in [0.15, 0.2) is 0 Å². The highest BCUT2D eigenvalue weighted by Gasteiger charge is 2.27. The number of aliphatic hydroxyl groups excluding tert-OH is 1. The monoisotopic (exact) mass is 394 g/mol. The van der Waals surface area contributed by atoms with Gasteiger partial charge in [-0.15, -0.1) is 0 Å². The Morgan fingerprint density at radius 3 is 1.96 bits per heavy atom. The van der Waals surface area contributed by atoms with Gasteiger partial charge in [-0.2, -0.15) is 12.6 Å². The lowest BCUT2D eigenvalue weighted by Gasteiger charge is -2.22. The molecule has 0 aromatic rings. The predicted octanol–water partition coefficient (Wildman–Crippen LogP) is -3.73. The third kappa shape index (κ3) is 9.19. The van der Waals surface area contributed by atoms with Crippen LogP contribution in [0.4, 0.5) is 0 Å². The highest BCUT2D eigenvalue weighted by Crippen LogP contribution is 1.98. The van der Waals surface area contributed by atoms with Crippen LogP contribution >= 0.6 is 12.6 Å². The van der Waals surface area contributed by atoms with E-state index < -0.39 is 60.9 Å². The van der Waals surface area contributed by atoms with Gasteiger partial charge in [0.1, 0.15) is 18.6 Å². The molecule has 3 unspecified atom stereocenters. The Bertz CT molecular complexity index is 544. The Morgan fingerprint density at radius 2 is 1.50 bits per heavy atom. The second kappa shape index (κ2) is 12.1. The lowest BCUT2D eigenvalue weighted by molar-refractivity contribution is -0.139. The first-order chi connectivity index (χ1) is 12.1. The first kappa shape index (κ1) is 23.6. The van der Waals surface area contributed by atoms with Crippen molar-refractivity contribution in [3.63, 3.8) is 0 Å². The molecule has 8 N–H and O–H groups in total. The van der Waals surface area contributed by atoms with E-state index in [-0.39, 0.29) is 18.6 Å². The maximum absolute atomic E-state index is 12.1. The van der Waals surface area contributed by atoms with Crippen LogP contribution in [0.3, 0.4) is 0 Å². The summed E-state index contributed by atoms with van der Waals surface area (Å²) in [4.78, 5) is 56.5. The SMILES string of the molecule is NC(CCC(=O)O)C(=O)NC(CS)C(=O)NC(CO)C(=O)NCC(=O)O. The van der Waals surface area contributed by atoms with Crippen LogP contribution in [-0.2, 0) is 24.0 Å². The molecule has 0 aliphatic rings. The maximum atomic E-state index is 12.1. The van der Waals surface area contributed by atoms with Gasteiger partial charge >= 0.3 is 11.9 Å². The van der Waals surface area contributed by atoms with E-state index in [1.165, 1.54) is 0 Å². The number of hydrogen-bond acceptors (Lipinski definition) is 8. The summed E-state index contributed by atoms with van der Waals surface area (Å²) in [6, 6.07) is -3.79. The van der Waals surface area contributed by atoms with Crippen molar-refractivity contribution >= 4 is 42.3 Å². The van der Waals surface area contributed by atoms with Gasteiger partial charge in [-0.1, -0.05) is 0 Å². The molecular formula is C13H22N4O8S. The third-order valence-corrected chi connectivity index (χ3v) is 3.42. The van der Waals surface area contributed by atoms with E-state index >= 15 is 0 Å². The Morgan fingerprint density at radius 1 is 0.923 bits per heavy atom. The number of amides is 3. The Labute approximate surface area is 153 Å². The van der Waals surface area contributed by atoms with E-state index in [2.05, 4.69) is 23.3 Å². The molecule has 0 radical (unpaired) electrons. The molecule has 12 nitrogen and oxygen atoms in total. The molecule has 0 saturated heterocycles. The van der Waals surface area contributed by atoms with Crippen molar-refractivity contribution < 1.29 is 39.3 Å². The largest absolute Gasteiger partial charge is 0.481 e. The minimum atomic E-state index is -1.43. The Hall–Kier alpha value is -2.38. The minimum absolute atomic E-state index is 0.140. The van der Waals surface area contributed by atoms with Crippen molar-refractivity contribution in [2.75, 3.05) is 18.9 Å². The van der Waals surface area contributed by atoms with Gasteiger partial charge < -0.3 is 37.0 Å². The first-order valence-electron chi connectivity index (χ1n) is 7.41. The van der Waals surface area contributed by atoms with Crippen LogP contribution in [0.2, 0.25) is 0 Å². The summed E-state index contributed by atoms with van der Waals surface area (Å²) < 4.78 is 0. The summed E-state index contributed by atoms with van der Waals surface area (Å²) in [6.45, 7) is -1.50. The topological polar surface area (TPSA) is 208 Å². The number of aliphatic hydroxyl groups is 1. The lowest BCUT2D eigenvalue weighted by atomic mass is 10.1. The van der Waals surface area contributed by atoms with E-state index in [0.29, 0.717) is 0 Å². The van der Waals surface area contributed by atoms with Gasteiger partial charge in [0.25, 0.3) is 0 Å². The van der Waals surface area contributed by atoms with E-state index in [9.17, 15) is 24.0 Å². The molecule has 0 spiro atoms. The van der Waals surface area contributed by atoms with Crippen LogP contribution in [-0.4, -0.2) is 82.0 Å². The fourth-order valence-electron chi connectivity index (χ4n) is 1.64. The van der Waals surface area contributed by atoms with Crippen LogP contribution in [0, 0.1) is 0 Å².